The summed E-state index contributed by atoms with van der Waals surface area (Å²) in [6.45, 7) is 6.91. The Bertz CT molecular complexity index is 619. The highest BCUT2D eigenvalue weighted by Crippen LogP contribution is 2.20. The molecule has 1 N–H and O–H groups in total. The van der Waals surface area contributed by atoms with Crippen molar-refractivity contribution >= 4 is 17.3 Å². The monoisotopic (exact) mass is 346 g/mol. The summed E-state index contributed by atoms with van der Waals surface area (Å²) < 4.78 is 5.18. The largest absolute Gasteiger partial charge is 0.497 e. The van der Waals surface area contributed by atoms with Crippen molar-refractivity contribution in [2.24, 2.45) is 0 Å². The van der Waals surface area contributed by atoms with E-state index in [-0.39, 0.29) is 0 Å². The normalized spacial score (nSPS) is 8.71. The molecule has 0 fully saturated rings. The van der Waals surface area contributed by atoms with Crippen LogP contribution in [0.4, 0.5) is 5.69 Å². The van der Waals surface area contributed by atoms with Crippen molar-refractivity contribution < 1.29 is 4.74 Å². The summed E-state index contributed by atoms with van der Waals surface area (Å²) in [5.41, 5.74) is 4.08. The molecular weight excluding hydrogens is 320 g/mol. The number of benzene rings is 2. The fourth-order valence-corrected chi connectivity index (χ4v) is 1.99. The first-order chi connectivity index (χ1) is 11.7. The fraction of sp³-hybridized carbons (Fsp3) is 0.350. The maximum Gasteiger partial charge on any atom is 0.122 e. The van der Waals surface area contributed by atoms with Gasteiger partial charge < -0.3 is 10.1 Å². The Morgan fingerprint density at radius 1 is 1.08 bits per heavy atom. The fourth-order valence-electron chi connectivity index (χ4n) is 1.99. The van der Waals surface area contributed by atoms with Crippen LogP contribution in [-0.4, -0.2) is 20.0 Å². The maximum atomic E-state index is 8.98. The van der Waals surface area contributed by atoms with Crippen LogP contribution in [0.5, 0.6) is 5.75 Å². The molecule has 0 aromatic heterocycles. The molecule has 0 amide bonds. The Morgan fingerprint density at radius 2 is 1.71 bits per heavy atom. The summed E-state index contributed by atoms with van der Waals surface area (Å²) >= 11 is 4.64. The number of nitrogens with zero attached hydrogens (tertiary/aromatic N) is 1. The van der Waals surface area contributed by atoms with Crippen molar-refractivity contribution in [2.75, 3.05) is 25.4 Å². The second kappa shape index (κ2) is 13.3. The zero-order valence-corrected chi connectivity index (χ0v) is 15.9. The highest BCUT2D eigenvalue weighted by Gasteiger charge is 2.01. The number of nitriles is 1. The van der Waals surface area contributed by atoms with Gasteiger partial charge in [0.15, 0.2) is 0 Å². The van der Waals surface area contributed by atoms with Crippen LogP contribution in [0.2, 0.25) is 0 Å². The van der Waals surface area contributed by atoms with E-state index < -0.39 is 0 Å². The van der Waals surface area contributed by atoms with E-state index in [0.29, 0.717) is 11.3 Å². The first kappa shape index (κ1) is 21.8. The van der Waals surface area contributed by atoms with E-state index in [9.17, 15) is 0 Å². The number of alkyl halides is 1. The van der Waals surface area contributed by atoms with Crippen molar-refractivity contribution in [3.8, 4) is 11.8 Å². The Balaban J connectivity index is 0.00000123. The van der Waals surface area contributed by atoms with Crippen LogP contribution in [0, 0.1) is 18.3 Å². The van der Waals surface area contributed by atoms with Gasteiger partial charge >= 0.3 is 0 Å². The number of anilines is 1. The summed E-state index contributed by atoms with van der Waals surface area (Å²) in [7, 11) is 1.60. The van der Waals surface area contributed by atoms with Crippen LogP contribution >= 0.6 is 11.6 Å². The summed E-state index contributed by atoms with van der Waals surface area (Å²) in [5, 5.41) is 12.3. The number of hydrogen-bond acceptors (Lipinski definition) is 3. The van der Waals surface area contributed by atoms with Gasteiger partial charge in [-0.3, -0.25) is 0 Å². The van der Waals surface area contributed by atoms with Gasteiger partial charge in [-0.25, -0.2) is 0 Å². The number of ether oxygens (including phenoxy) is 1. The average molecular weight is 347 g/mol. The quantitative estimate of drug-likeness (QED) is 0.736. The molecule has 0 aliphatic heterocycles. The second-order valence-corrected chi connectivity index (χ2v) is 4.72. The van der Waals surface area contributed by atoms with Crippen LogP contribution in [0.3, 0.4) is 0 Å². The Labute approximate surface area is 151 Å². The Morgan fingerprint density at radius 3 is 2.25 bits per heavy atom. The van der Waals surface area contributed by atoms with Gasteiger partial charge in [-0.05, 0) is 31.0 Å². The second-order valence-electron chi connectivity index (χ2n) is 4.72. The van der Waals surface area contributed by atoms with Crippen LogP contribution in [0.25, 0.3) is 0 Å². The predicted molar refractivity (Wildman–Crippen MR) is 104 cm³/mol. The van der Waals surface area contributed by atoms with Crippen molar-refractivity contribution in [2.45, 2.75) is 27.2 Å². The minimum Gasteiger partial charge on any atom is -0.497 e. The van der Waals surface area contributed by atoms with Gasteiger partial charge in [0.1, 0.15) is 5.75 Å². The van der Waals surface area contributed by atoms with Gasteiger partial charge in [-0.1, -0.05) is 43.7 Å². The molecule has 130 valence electrons. The SMILES string of the molecule is CC.CCl.COc1cc(C#N)cc(NCCc2ccc(C)cc2)c1. The van der Waals surface area contributed by atoms with E-state index in [1.807, 2.05) is 26.0 Å². The van der Waals surface area contributed by atoms with Crippen molar-refractivity contribution in [1.82, 2.24) is 0 Å². The van der Waals surface area contributed by atoms with Crippen molar-refractivity contribution in [1.29, 1.82) is 5.26 Å². The molecule has 0 heterocycles. The summed E-state index contributed by atoms with van der Waals surface area (Å²) in [5.74, 6) is 0.696. The highest BCUT2D eigenvalue weighted by atomic mass is 35.5. The van der Waals surface area contributed by atoms with Gasteiger partial charge in [0.2, 0.25) is 0 Å². The Hall–Kier alpha value is -2.18. The minimum absolute atomic E-state index is 0.599. The van der Waals surface area contributed by atoms with Gasteiger partial charge in [0, 0.05) is 24.7 Å². The van der Waals surface area contributed by atoms with Gasteiger partial charge in [-0.15, -0.1) is 11.6 Å². The molecule has 0 aliphatic carbocycles. The number of methoxy groups -OCH3 is 1. The molecule has 2 rings (SSSR count). The third-order valence-electron chi connectivity index (χ3n) is 3.13. The standard InChI is InChI=1S/C17H18N2O.C2H6.CH3Cl/c1-13-3-5-14(6-4-13)7-8-19-16-9-15(12-18)10-17(11-16)20-2;2*1-2/h3-6,9-11,19H,7-8H2,1-2H3;1-2H3;1H3. The lowest BCUT2D eigenvalue weighted by atomic mass is 10.1. The van der Waals surface area contributed by atoms with E-state index in [1.165, 1.54) is 17.5 Å². The number of nitrogens with one attached hydrogen (secondary N) is 1. The number of halogens is 1. The first-order valence-electron chi connectivity index (χ1n) is 7.97. The maximum absolute atomic E-state index is 8.98. The zero-order valence-electron chi connectivity index (χ0n) is 15.2. The van der Waals surface area contributed by atoms with Crippen LogP contribution in [0.1, 0.15) is 30.5 Å². The molecule has 24 heavy (non-hydrogen) atoms. The predicted octanol–water partition coefficient (Wildman–Crippen LogP) is 5.41. The van der Waals surface area contributed by atoms with E-state index in [0.717, 1.165) is 18.7 Å². The summed E-state index contributed by atoms with van der Waals surface area (Å²) in [6.07, 6.45) is 2.42. The number of rotatable bonds is 5. The lowest BCUT2D eigenvalue weighted by molar-refractivity contribution is 0.415. The van der Waals surface area contributed by atoms with E-state index in [4.69, 9.17) is 10.00 Å². The van der Waals surface area contributed by atoms with Crippen molar-refractivity contribution in [3.63, 3.8) is 0 Å². The summed E-state index contributed by atoms with van der Waals surface area (Å²) in [4.78, 5) is 0. The lowest BCUT2D eigenvalue weighted by Gasteiger charge is -2.09. The third kappa shape index (κ3) is 7.89. The topological polar surface area (TPSA) is 45.0 Å². The lowest BCUT2D eigenvalue weighted by Crippen LogP contribution is -2.05. The molecule has 4 heteroatoms. The minimum atomic E-state index is 0.599. The van der Waals surface area contributed by atoms with E-state index >= 15 is 0 Å². The molecule has 2 aromatic rings. The molecular formula is C20H27ClN2O. The highest BCUT2D eigenvalue weighted by molar-refractivity contribution is 6.15. The number of hydrogen-bond donors (Lipinski definition) is 1. The van der Waals surface area contributed by atoms with Crippen molar-refractivity contribution in [3.05, 3.63) is 59.2 Å². The van der Waals surface area contributed by atoms with Crippen LogP contribution < -0.4 is 10.1 Å². The smallest absolute Gasteiger partial charge is 0.122 e. The molecule has 0 spiro atoms. The molecule has 2 aromatic carbocycles. The van der Waals surface area contributed by atoms with Gasteiger partial charge in [-0.2, -0.15) is 5.26 Å². The van der Waals surface area contributed by atoms with Crippen LogP contribution in [0.15, 0.2) is 42.5 Å². The summed E-state index contributed by atoms with van der Waals surface area (Å²) in [6, 6.07) is 16.1. The molecule has 0 bridgehead atoms. The van der Waals surface area contributed by atoms with E-state index in [1.54, 1.807) is 13.2 Å². The molecule has 3 nitrogen and oxygen atoms in total. The molecule has 0 aliphatic rings. The van der Waals surface area contributed by atoms with Gasteiger partial charge in [0.25, 0.3) is 0 Å². The molecule has 0 unspecified atom stereocenters. The molecule has 0 saturated heterocycles. The molecule has 0 saturated carbocycles. The number of aryl methyl sites for hydroxylation is 1. The zero-order chi connectivity index (χ0) is 18.4. The third-order valence-corrected chi connectivity index (χ3v) is 3.13. The Kier molecular flexibility index (Phi) is 12.1. The molecule has 0 radical (unpaired) electrons. The first-order valence-corrected chi connectivity index (χ1v) is 8.73. The van der Waals surface area contributed by atoms with E-state index in [2.05, 4.69) is 54.2 Å². The van der Waals surface area contributed by atoms with Crippen LogP contribution in [-0.2, 0) is 6.42 Å². The average Bonchev–Trinajstić information content (AvgIpc) is 2.66. The van der Waals surface area contributed by atoms with Gasteiger partial charge in [0.05, 0.1) is 18.7 Å². The molecule has 0 atom stereocenters.